The van der Waals surface area contributed by atoms with E-state index < -0.39 is 23.8 Å². The Bertz CT molecular complexity index is 3260. The van der Waals surface area contributed by atoms with Crippen LogP contribution in [0.3, 0.4) is 0 Å². The Kier molecular flexibility index (Phi) is 22.3. The molecule has 0 aromatic carbocycles. The fraction of sp³-hybridized carbons (Fsp3) is 0.412. The normalized spacial score (nSPS) is 12.2. The van der Waals surface area contributed by atoms with Crippen LogP contribution in [0.15, 0.2) is 60.9 Å². The number of anilines is 8. The third-order valence-electron chi connectivity index (χ3n) is 11.4. The number of carbonyl (C=O) groups is 2. The van der Waals surface area contributed by atoms with Crippen LogP contribution in [-0.4, -0.2) is 108 Å². The molecule has 27 heteroatoms. The average molecular weight is 1080 g/mol. The second kappa shape index (κ2) is 29.0. The van der Waals surface area contributed by atoms with E-state index in [1.807, 2.05) is 52.8 Å². The number of hydrogen-bond acceptors (Lipinski definition) is 23. The molecule has 24 nitrogen and oxygen atoms in total. The molecule has 78 heavy (non-hydrogen) atoms. The number of alkyl halides is 3. The van der Waals surface area contributed by atoms with Crippen molar-refractivity contribution in [3.05, 3.63) is 72.3 Å². The van der Waals surface area contributed by atoms with E-state index in [1.165, 1.54) is 6.07 Å². The first kappa shape index (κ1) is 60.1. The predicted octanol–water partition coefficient (Wildman–Crippen LogP) is 7.17. The van der Waals surface area contributed by atoms with Crippen LogP contribution in [0.1, 0.15) is 104 Å². The van der Waals surface area contributed by atoms with Gasteiger partial charge in [0.2, 0.25) is 29.7 Å². The Balaban J connectivity index is 0.000000192. The minimum absolute atomic E-state index is 0.00180. The van der Waals surface area contributed by atoms with Gasteiger partial charge >= 0.3 is 6.18 Å². The maximum Gasteiger partial charge on any atom is 0.433 e. The van der Waals surface area contributed by atoms with Gasteiger partial charge in [0.1, 0.15) is 33.8 Å². The second-order valence-corrected chi connectivity index (χ2v) is 17.6. The molecule has 0 aliphatic rings. The molecule has 0 bridgehead atoms. The molecule has 0 spiro atoms. The third-order valence-corrected chi connectivity index (χ3v) is 11.4. The van der Waals surface area contributed by atoms with Crippen molar-refractivity contribution in [1.29, 1.82) is 0 Å². The number of nitrogens with one attached hydrogen (secondary N) is 4. The molecule has 0 fully saturated rings. The summed E-state index contributed by atoms with van der Waals surface area (Å²) < 4.78 is 38.1. The largest absolute Gasteiger partial charge is 0.433 e. The Hall–Kier alpha value is -8.75. The summed E-state index contributed by atoms with van der Waals surface area (Å²) in [6.07, 6.45) is 6.05. The first-order valence-electron chi connectivity index (χ1n) is 25.5. The number of ketones is 1. The maximum atomic E-state index is 12.7. The van der Waals surface area contributed by atoms with Crippen molar-refractivity contribution in [3.8, 4) is 0 Å². The van der Waals surface area contributed by atoms with Crippen LogP contribution in [0.2, 0.25) is 0 Å². The summed E-state index contributed by atoms with van der Waals surface area (Å²) in [5.41, 5.74) is 32.1. The van der Waals surface area contributed by atoms with E-state index in [1.54, 1.807) is 30.6 Å². The monoisotopic (exact) mass is 1080 g/mol. The zero-order valence-corrected chi connectivity index (χ0v) is 44.4. The van der Waals surface area contributed by atoms with Crippen LogP contribution in [0.4, 0.5) is 60.2 Å². The average Bonchev–Trinajstić information content (AvgIpc) is 3.49. The quantitative estimate of drug-likeness (QED) is 0.0338. The van der Waals surface area contributed by atoms with Gasteiger partial charge in [0, 0.05) is 31.1 Å². The fourth-order valence-corrected chi connectivity index (χ4v) is 7.60. The zero-order valence-electron chi connectivity index (χ0n) is 44.4. The van der Waals surface area contributed by atoms with Crippen LogP contribution in [0, 0.1) is 6.92 Å². The molecule has 0 unspecified atom stereocenters. The number of aromatic nitrogens is 12. The molecule has 15 N–H and O–H groups in total. The minimum atomic E-state index is -4.50. The Labute approximate surface area is 448 Å². The number of Topliss-reactive ketones (excluding diaryl/α,β-unsaturated/α-hetero) is 1. The minimum Gasteiger partial charge on any atom is -0.394 e. The number of nitrogens with zero attached hydrogens (tertiary/aromatic N) is 12. The van der Waals surface area contributed by atoms with Gasteiger partial charge in [0.15, 0.2) is 29.1 Å². The molecule has 0 saturated carbocycles. The number of nitrogen functional groups attached to an aromatic ring is 4. The number of aryl methyl sites for hydroxylation is 1. The smallest absolute Gasteiger partial charge is 0.394 e. The molecule has 0 saturated heterocycles. The van der Waals surface area contributed by atoms with Crippen molar-refractivity contribution < 1.29 is 27.9 Å². The molecule has 0 aliphatic carbocycles. The van der Waals surface area contributed by atoms with Crippen molar-refractivity contribution in [1.82, 2.24) is 59.8 Å². The van der Waals surface area contributed by atoms with E-state index in [-0.39, 0.29) is 65.1 Å². The highest BCUT2D eigenvalue weighted by Crippen LogP contribution is 2.31. The Morgan fingerprint density at radius 2 is 1.03 bits per heavy atom. The molecule has 8 aromatic rings. The zero-order chi connectivity index (χ0) is 56.9. The van der Waals surface area contributed by atoms with Crippen LogP contribution in [0.5, 0.6) is 0 Å². The third kappa shape index (κ3) is 17.1. The fourth-order valence-electron chi connectivity index (χ4n) is 7.60. The SMILES string of the molecule is CCCCNc1nc(N)nc2ccc(C(F)(F)F)nc12.CCC[C@@H](CO)Nc1nc(N)nc2ccc(C)nc12.CCC[C@H](Nc1nc(N)nc2cccnc12)C(=O)CC.CCC[C@H](Nc1nc(N)nc2cccnc12)C(N)=O. The van der Waals surface area contributed by atoms with Gasteiger partial charge in [0.25, 0.3) is 0 Å². The topological polar surface area (TPSA) is 387 Å². The summed E-state index contributed by atoms with van der Waals surface area (Å²) in [4.78, 5) is 72.5. The number of carbonyl (C=O) groups excluding carboxylic acids is 2. The Morgan fingerprint density at radius 3 is 1.50 bits per heavy atom. The van der Waals surface area contributed by atoms with E-state index >= 15 is 0 Å². The van der Waals surface area contributed by atoms with E-state index in [0.717, 1.165) is 56.7 Å². The number of unbranched alkanes of at least 4 members (excludes halogenated alkanes) is 1. The number of aliphatic hydroxyl groups is 1. The summed E-state index contributed by atoms with van der Waals surface area (Å²) >= 11 is 0. The highest BCUT2D eigenvalue weighted by atomic mass is 19.4. The van der Waals surface area contributed by atoms with Crippen molar-refractivity contribution in [2.24, 2.45) is 5.73 Å². The van der Waals surface area contributed by atoms with Crippen LogP contribution < -0.4 is 49.9 Å². The van der Waals surface area contributed by atoms with Crippen molar-refractivity contribution in [2.45, 2.75) is 124 Å². The number of fused-ring (bicyclic) bond motifs is 4. The molecule has 416 valence electrons. The van der Waals surface area contributed by atoms with Crippen molar-refractivity contribution >= 4 is 103 Å². The van der Waals surface area contributed by atoms with Gasteiger partial charge in [0.05, 0.1) is 40.8 Å². The highest BCUT2D eigenvalue weighted by Gasteiger charge is 2.33. The number of hydrogen-bond donors (Lipinski definition) is 10. The molecule has 1 amide bonds. The summed E-state index contributed by atoms with van der Waals surface area (Å²) in [5.74, 6) is 2.00. The number of halogens is 3. The molecule has 3 atom stereocenters. The standard InChI is InChI=1S/C14H19N5O.C13H19N5O.C12H14F3N5.C12H16N6O/c1-3-6-9(11(20)4-2)17-13-12-10(7-5-8-16-12)18-14(15)19-13;1-3-4-9(7-19)16-12-11-10(17-13(14)18-12)6-5-8(2)15-11;1-2-3-6-17-10-9-7(18-11(16)20-10)4-5-8(19-9)12(13,14)15;1-2-4-8(10(13)19)16-11-9-7(5-3-6-15-9)17-12(14)18-11/h5,7-9H,3-4,6H2,1-2H3,(H3,15,17,18,19);5-6,9,19H,3-4,7H2,1-2H3,(H3,14,16,17,18);4-5H,2-3,6H2,1H3,(H3,16,17,18,20);3,5-6,8H,2,4H2,1H3,(H2,13,19)(H3,14,16,17,18)/t2*9-;;8-/m00.0/s1. The van der Waals surface area contributed by atoms with Crippen LogP contribution >= 0.6 is 0 Å². The maximum absolute atomic E-state index is 12.7. The molecule has 0 aliphatic heterocycles. The van der Waals surface area contributed by atoms with Gasteiger partial charge in [-0.05, 0) is 81.1 Å². The number of pyridine rings is 4. The predicted molar refractivity (Wildman–Crippen MR) is 299 cm³/mol. The van der Waals surface area contributed by atoms with E-state index in [4.69, 9.17) is 28.7 Å². The molecule has 8 rings (SSSR count). The summed E-state index contributed by atoms with van der Waals surface area (Å²) in [5, 5.41) is 21.7. The molecular weight excluding hydrogens is 1010 g/mol. The van der Waals surface area contributed by atoms with Gasteiger partial charge in [-0.3, -0.25) is 19.6 Å². The van der Waals surface area contributed by atoms with Crippen molar-refractivity contribution in [2.75, 3.05) is 57.4 Å². The molecule has 8 heterocycles. The van der Waals surface area contributed by atoms with Gasteiger partial charge in [-0.25, -0.2) is 29.9 Å². The van der Waals surface area contributed by atoms with Gasteiger partial charge < -0.3 is 55.0 Å². The number of primary amides is 1. The molecule has 0 radical (unpaired) electrons. The van der Waals surface area contributed by atoms with E-state index in [0.29, 0.717) is 69.9 Å². The van der Waals surface area contributed by atoms with E-state index in [2.05, 4.69) is 88.0 Å². The Morgan fingerprint density at radius 1 is 0.564 bits per heavy atom. The lowest BCUT2D eigenvalue weighted by Gasteiger charge is -2.17. The van der Waals surface area contributed by atoms with Gasteiger partial charge in [-0.1, -0.05) is 60.3 Å². The number of amides is 1. The molecule has 8 aromatic heterocycles. The number of rotatable bonds is 20. The van der Waals surface area contributed by atoms with E-state index in [9.17, 15) is 27.9 Å². The van der Waals surface area contributed by atoms with Crippen LogP contribution in [0.25, 0.3) is 44.1 Å². The first-order valence-corrected chi connectivity index (χ1v) is 25.5. The highest BCUT2D eigenvalue weighted by molar-refractivity contribution is 5.92. The lowest BCUT2D eigenvalue weighted by Crippen LogP contribution is -2.35. The second-order valence-electron chi connectivity index (χ2n) is 17.6. The van der Waals surface area contributed by atoms with Crippen molar-refractivity contribution in [3.63, 3.8) is 0 Å². The van der Waals surface area contributed by atoms with Gasteiger partial charge in [-0.2, -0.15) is 33.1 Å². The summed E-state index contributed by atoms with van der Waals surface area (Å²) in [6.45, 7) is 12.5. The van der Waals surface area contributed by atoms with Gasteiger partial charge in [-0.15, -0.1) is 0 Å². The van der Waals surface area contributed by atoms with Crippen LogP contribution in [-0.2, 0) is 15.8 Å². The first-order chi connectivity index (χ1) is 37.3. The lowest BCUT2D eigenvalue weighted by molar-refractivity contribution is -0.141. The molecular formula is C51H68F3N21O3. The lowest BCUT2D eigenvalue weighted by atomic mass is 10.1. The summed E-state index contributed by atoms with van der Waals surface area (Å²) in [6, 6.07) is 12.2. The number of nitrogens with two attached hydrogens (primary N) is 5. The number of aliphatic hydroxyl groups excluding tert-OH is 1. The summed E-state index contributed by atoms with van der Waals surface area (Å²) in [7, 11) is 0.